The number of carboxylic acids is 1. The van der Waals surface area contributed by atoms with Gasteiger partial charge in [-0.05, 0) is 43.7 Å². The van der Waals surface area contributed by atoms with Gasteiger partial charge in [-0.3, -0.25) is 9.69 Å². The number of likely N-dealkylation sites (N-methyl/N-ethyl adjacent to an activating group) is 1. The summed E-state index contributed by atoms with van der Waals surface area (Å²) < 4.78 is 0. The first-order valence-corrected chi connectivity index (χ1v) is 8.72. The van der Waals surface area contributed by atoms with Gasteiger partial charge < -0.3 is 10.0 Å². The first-order valence-electron chi connectivity index (χ1n) is 8.72. The van der Waals surface area contributed by atoms with Crippen LogP contribution in [-0.2, 0) is 11.3 Å². The quantitative estimate of drug-likeness (QED) is 0.893. The summed E-state index contributed by atoms with van der Waals surface area (Å²) >= 11 is 0. The second-order valence-corrected chi connectivity index (χ2v) is 7.91. The lowest BCUT2D eigenvalue weighted by atomic mass is 9.77. The third-order valence-corrected chi connectivity index (χ3v) is 4.86. The normalized spacial score (nSPS) is 19.8. The number of rotatable bonds is 5. The summed E-state index contributed by atoms with van der Waals surface area (Å²) in [5.74, 6) is 0.346. The molecule has 1 saturated heterocycles. The number of anilines is 1. The molecule has 1 fully saturated rings. The van der Waals surface area contributed by atoms with Crippen molar-refractivity contribution in [2.75, 3.05) is 31.6 Å². The maximum absolute atomic E-state index is 10.7. The van der Waals surface area contributed by atoms with Gasteiger partial charge in [-0.1, -0.05) is 20.8 Å². The highest BCUT2D eigenvalue weighted by Crippen LogP contribution is 2.34. The van der Waals surface area contributed by atoms with E-state index in [1.165, 1.54) is 24.2 Å². The van der Waals surface area contributed by atoms with Crippen molar-refractivity contribution >= 4 is 11.9 Å². The molecule has 1 aliphatic heterocycles. The van der Waals surface area contributed by atoms with E-state index in [9.17, 15) is 4.79 Å². The molecule has 0 radical (unpaired) electrons. The van der Waals surface area contributed by atoms with Crippen molar-refractivity contribution in [3.63, 3.8) is 0 Å². The van der Waals surface area contributed by atoms with E-state index in [4.69, 9.17) is 5.11 Å². The van der Waals surface area contributed by atoms with Gasteiger partial charge in [0.25, 0.3) is 0 Å². The average Bonchev–Trinajstić information content (AvgIpc) is 2.72. The minimum Gasteiger partial charge on any atom is -0.480 e. The van der Waals surface area contributed by atoms with Crippen molar-refractivity contribution in [3.05, 3.63) is 18.0 Å². The Balaban J connectivity index is 1.91. The van der Waals surface area contributed by atoms with Crippen LogP contribution in [0.25, 0.3) is 0 Å². The van der Waals surface area contributed by atoms with Gasteiger partial charge in [0, 0.05) is 31.5 Å². The first-order chi connectivity index (χ1) is 11.3. The molecule has 0 aromatic carbocycles. The van der Waals surface area contributed by atoms with Crippen LogP contribution in [0.4, 0.5) is 5.95 Å². The van der Waals surface area contributed by atoms with E-state index in [0.29, 0.717) is 11.4 Å². The highest BCUT2D eigenvalue weighted by molar-refractivity contribution is 5.72. The van der Waals surface area contributed by atoms with Crippen molar-refractivity contribution < 1.29 is 9.90 Å². The van der Waals surface area contributed by atoms with Crippen LogP contribution in [0.1, 0.15) is 45.6 Å². The fourth-order valence-corrected chi connectivity index (χ4v) is 3.34. The van der Waals surface area contributed by atoms with Crippen LogP contribution in [0.15, 0.2) is 12.4 Å². The molecule has 0 bridgehead atoms. The second kappa shape index (κ2) is 7.92. The number of carboxylic acid groups (broad SMARTS) is 1. The third-order valence-electron chi connectivity index (χ3n) is 4.86. The molecule has 1 aromatic heterocycles. The SMILES string of the molecule is CN(CC(=O)O)c1ncc(CN2CCCC(C(C)(C)C)CC2)cn1. The number of aromatic nitrogens is 2. The summed E-state index contributed by atoms with van der Waals surface area (Å²) in [4.78, 5) is 23.3. The fourth-order valence-electron chi connectivity index (χ4n) is 3.34. The smallest absolute Gasteiger partial charge is 0.323 e. The van der Waals surface area contributed by atoms with Crippen LogP contribution in [-0.4, -0.2) is 52.6 Å². The molecule has 0 amide bonds. The Kier molecular flexibility index (Phi) is 6.15. The summed E-state index contributed by atoms with van der Waals surface area (Å²) in [6.45, 7) is 10.0. The molecule has 6 nitrogen and oxygen atoms in total. The lowest BCUT2D eigenvalue weighted by Crippen LogP contribution is -2.27. The maximum Gasteiger partial charge on any atom is 0.323 e. The van der Waals surface area contributed by atoms with E-state index >= 15 is 0 Å². The van der Waals surface area contributed by atoms with E-state index in [0.717, 1.165) is 31.1 Å². The minimum absolute atomic E-state index is 0.0976. The third kappa shape index (κ3) is 5.44. The lowest BCUT2D eigenvalue weighted by molar-refractivity contribution is -0.135. The van der Waals surface area contributed by atoms with Crippen LogP contribution in [0, 0.1) is 11.3 Å². The van der Waals surface area contributed by atoms with E-state index < -0.39 is 5.97 Å². The van der Waals surface area contributed by atoms with Crippen LogP contribution in [0.5, 0.6) is 0 Å². The largest absolute Gasteiger partial charge is 0.480 e. The highest BCUT2D eigenvalue weighted by Gasteiger charge is 2.27. The number of hydrogen-bond acceptors (Lipinski definition) is 5. The molecule has 134 valence electrons. The summed E-state index contributed by atoms with van der Waals surface area (Å²) in [5, 5.41) is 8.82. The zero-order chi connectivity index (χ0) is 17.7. The van der Waals surface area contributed by atoms with Crippen LogP contribution >= 0.6 is 0 Å². The van der Waals surface area contributed by atoms with Gasteiger partial charge in [0.15, 0.2) is 0 Å². The predicted molar refractivity (Wildman–Crippen MR) is 95.0 cm³/mol. The van der Waals surface area contributed by atoms with E-state index in [2.05, 4.69) is 35.6 Å². The van der Waals surface area contributed by atoms with E-state index in [-0.39, 0.29) is 6.54 Å². The molecule has 24 heavy (non-hydrogen) atoms. The maximum atomic E-state index is 10.7. The molecule has 6 heteroatoms. The number of carbonyl (C=O) groups is 1. The average molecular weight is 334 g/mol. The molecule has 1 unspecified atom stereocenters. The van der Waals surface area contributed by atoms with Gasteiger partial charge in [0.05, 0.1) is 0 Å². The van der Waals surface area contributed by atoms with Crippen LogP contribution in [0.3, 0.4) is 0 Å². The van der Waals surface area contributed by atoms with Crippen molar-refractivity contribution in [1.29, 1.82) is 0 Å². The molecular formula is C18H30N4O2. The van der Waals surface area contributed by atoms with Crippen molar-refractivity contribution in [2.24, 2.45) is 11.3 Å². The lowest BCUT2D eigenvalue weighted by Gasteiger charge is -2.29. The van der Waals surface area contributed by atoms with Crippen molar-refractivity contribution in [3.8, 4) is 0 Å². The summed E-state index contributed by atoms with van der Waals surface area (Å²) in [6.07, 6.45) is 7.40. The number of hydrogen-bond donors (Lipinski definition) is 1. The van der Waals surface area contributed by atoms with Crippen LogP contribution < -0.4 is 4.90 Å². The van der Waals surface area contributed by atoms with Gasteiger partial charge >= 0.3 is 5.97 Å². The van der Waals surface area contributed by atoms with E-state index in [1.807, 2.05) is 12.4 Å². The van der Waals surface area contributed by atoms with E-state index in [1.54, 1.807) is 7.05 Å². The summed E-state index contributed by atoms with van der Waals surface area (Å²) in [5.41, 5.74) is 1.46. The van der Waals surface area contributed by atoms with Gasteiger partial charge in [-0.2, -0.15) is 0 Å². The molecule has 0 aliphatic carbocycles. The standard InChI is InChI=1S/C18H30N4O2/c1-18(2,3)15-6-5-8-22(9-7-15)12-14-10-19-17(20-11-14)21(4)13-16(23)24/h10-11,15H,5-9,12-13H2,1-4H3,(H,23,24). The monoisotopic (exact) mass is 334 g/mol. The number of nitrogens with zero attached hydrogens (tertiary/aromatic N) is 4. The topological polar surface area (TPSA) is 69.6 Å². The summed E-state index contributed by atoms with van der Waals surface area (Å²) in [6, 6.07) is 0. The predicted octanol–water partition coefficient (Wildman–Crippen LogP) is 2.65. The number of aliphatic carboxylic acids is 1. The van der Waals surface area contributed by atoms with Gasteiger partial charge in [-0.25, -0.2) is 9.97 Å². The molecule has 2 heterocycles. The molecule has 0 saturated carbocycles. The zero-order valence-electron chi connectivity index (χ0n) is 15.3. The molecular weight excluding hydrogens is 304 g/mol. The molecule has 2 rings (SSSR count). The van der Waals surface area contributed by atoms with Gasteiger partial charge in [0.1, 0.15) is 6.54 Å². The highest BCUT2D eigenvalue weighted by atomic mass is 16.4. The molecule has 1 N–H and O–H groups in total. The Morgan fingerprint density at radius 2 is 1.96 bits per heavy atom. The molecule has 1 aliphatic rings. The van der Waals surface area contributed by atoms with Gasteiger partial charge in [-0.15, -0.1) is 0 Å². The molecule has 0 spiro atoms. The summed E-state index contributed by atoms with van der Waals surface area (Å²) in [7, 11) is 1.69. The Bertz CT molecular complexity index is 539. The Hall–Kier alpha value is -1.69. The van der Waals surface area contributed by atoms with Crippen molar-refractivity contribution in [1.82, 2.24) is 14.9 Å². The van der Waals surface area contributed by atoms with Crippen LogP contribution in [0.2, 0.25) is 0 Å². The Labute approximate surface area is 144 Å². The minimum atomic E-state index is -0.886. The second-order valence-electron chi connectivity index (χ2n) is 7.91. The zero-order valence-corrected chi connectivity index (χ0v) is 15.3. The Morgan fingerprint density at radius 3 is 2.54 bits per heavy atom. The Morgan fingerprint density at radius 1 is 1.29 bits per heavy atom. The van der Waals surface area contributed by atoms with Crippen molar-refractivity contribution in [2.45, 2.75) is 46.6 Å². The first kappa shape index (κ1) is 18.6. The number of likely N-dealkylation sites (tertiary alicyclic amines) is 1. The van der Waals surface area contributed by atoms with Gasteiger partial charge in [0.2, 0.25) is 5.95 Å². The molecule has 1 aromatic rings. The molecule has 1 atom stereocenters. The fraction of sp³-hybridized carbons (Fsp3) is 0.722.